The molecule has 9 nitrogen and oxygen atoms in total. The van der Waals surface area contributed by atoms with Crippen LogP contribution in [0.4, 0.5) is 4.79 Å². The normalized spacial score (nSPS) is 19.7. The predicted octanol–water partition coefficient (Wildman–Crippen LogP) is 1.73. The number of nitrogens with one attached hydrogen (secondary N) is 1. The molecule has 2 heterocycles. The number of amides is 5. The molecule has 0 bridgehead atoms. The third-order valence-electron chi connectivity index (χ3n) is 6.13. The van der Waals surface area contributed by atoms with Gasteiger partial charge in [-0.1, -0.05) is 60.7 Å². The second-order valence-electron chi connectivity index (χ2n) is 8.19. The minimum Gasteiger partial charge on any atom is -0.370 e. The highest BCUT2D eigenvalue weighted by Crippen LogP contribution is 2.25. The summed E-state index contributed by atoms with van der Waals surface area (Å²) in [6, 6.07) is 16.8. The Labute approximate surface area is 198 Å². The van der Waals surface area contributed by atoms with Crippen LogP contribution >= 0.6 is 0 Å². The zero-order valence-electron chi connectivity index (χ0n) is 19.1. The van der Waals surface area contributed by atoms with Crippen molar-refractivity contribution in [3.05, 3.63) is 71.8 Å². The van der Waals surface area contributed by atoms with Crippen molar-refractivity contribution in [2.45, 2.75) is 19.1 Å². The number of carbonyl (C=O) groups excluding carboxylic acids is 4. The van der Waals surface area contributed by atoms with Crippen LogP contribution in [0.15, 0.2) is 60.7 Å². The van der Waals surface area contributed by atoms with E-state index in [1.54, 1.807) is 36.1 Å². The van der Waals surface area contributed by atoms with Gasteiger partial charge in [-0.15, -0.1) is 0 Å². The van der Waals surface area contributed by atoms with Crippen molar-refractivity contribution in [2.75, 3.05) is 39.3 Å². The van der Waals surface area contributed by atoms with Gasteiger partial charge in [0.05, 0.1) is 13.2 Å². The molecule has 0 aliphatic carbocycles. The van der Waals surface area contributed by atoms with E-state index in [4.69, 9.17) is 4.74 Å². The van der Waals surface area contributed by atoms with Crippen molar-refractivity contribution in [3.8, 4) is 0 Å². The first kappa shape index (κ1) is 23.4. The van der Waals surface area contributed by atoms with Crippen molar-refractivity contribution >= 4 is 23.8 Å². The third kappa shape index (κ3) is 4.94. The molecule has 178 valence electrons. The maximum atomic E-state index is 13.6. The summed E-state index contributed by atoms with van der Waals surface area (Å²) in [6.07, 6.45) is -0.271. The van der Waals surface area contributed by atoms with Gasteiger partial charge in [0.15, 0.2) is 0 Å². The number of rotatable bonds is 5. The number of likely N-dealkylation sites (N-methyl/N-ethyl adjacent to an activating group) is 1. The number of nitrogens with zero attached hydrogens (tertiary/aromatic N) is 3. The molecule has 0 radical (unpaired) electrons. The van der Waals surface area contributed by atoms with Gasteiger partial charge in [0.2, 0.25) is 5.91 Å². The Balaban J connectivity index is 1.52. The predicted molar refractivity (Wildman–Crippen MR) is 123 cm³/mol. The standard InChI is InChI=1S/C25H28N4O5/c1-2-27-13-14-29(24(32)23(27)31)25(33)26-21(19-11-7-4-8-12-19)22(30)28-15-16-34-20(17-28)18-9-5-3-6-10-18/h3-12,20-21H,2,13-17H2,1H3,(H,26,33)/t20?,21-/m1/s1. The monoisotopic (exact) mass is 464 g/mol. The minimum atomic E-state index is -1.00. The van der Waals surface area contributed by atoms with E-state index in [0.29, 0.717) is 31.8 Å². The van der Waals surface area contributed by atoms with Crippen LogP contribution in [0.1, 0.15) is 30.2 Å². The highest BCUT2D eigenvalue weighted by Gasteiger charge is 2.38. The van der Waals surface area contributed by atoms with Gasteiger partial charge in [-0.3, -0.25) is 19.3 Å². The van der Waals surface area contributed by atoms with E-state index in [0.717, 1.165) is 10.5 Å². The Morgan fingerprint density at radius 3 is 2.32 bits per heavy atom. The summed E-state index contributed by atoms with van der Waals surface area (Å²) in [5.74, 6) is -1.90. The van der Waals surface area contributed by atoms with Crippen molar-refractivity contribution in [2.24, 2.45) is 0 Å². The van der Waals surface area contributed by atoms with Crippen molar-refractivity contribution in [3.63, 3.8) is 0 Å². The summed E-state index contributed by atoms with van der Waals surface area (Å²) in [4.78, 5) is 55.3. The van der Waals surface area contributed by atoms with Crippen LogP contribution in [0.5, 0.6) is 0 Å². The van der Waals surface area contributed by atoms with E-state index in [1.165, 1.54) is 4.90 Å². The summed E-state index contributed by atoms with van der Waals surface area (Å²) in [5.41, 5.74) is 1.56. The van der Waals surface area contributed by atoms with Crippen molar-refractivity contribution in [1.82, 2.24) is 20.0 Å². The number of ether oxygens (including phenoxy) is 1. The van der Waals surface area contributed by atoms with E-state index < -0.39 is 23.9 Å². The highest BCUT2D eigenvalue weighted by atomic mass is 16.5. The highest BCUT2D eigenvalue weighted by molar-refractivity contribution is 6.38. The molecular formula is C25H28N4O5. The largest absolute Gasteiger partial charge is 0.370 e. The number of carbonyl (C=O) groups is 4. The summed E-state index contributed by atoms with van der Waals surface area (Å²) >= 11 is 0. The van der Waals surface area contributed by atoms with Gasteiger partial charge in [0, 0.05) is 26.2 Å². The average molecular weight is 465 g/mol. The minimum absolute atomic E-state index is 0.0770. The zero-order chi connectivity index (χ0) is 24.1. The van der Waals surface area contributed by atoms with E-state index in [-0.39, 0.29) is 25.1 Å². The number of piperazine rings is 1. The van der Waals surface area contributed by atoms with E-state index in [2.05, 4.69) is 5.32 Å². The lowest BCUT2D eigenvalue weighted by Gasteiger charge is -2.36. The fourth-order valence-electron chi connectivity index (χ4n) is 4.21. The molecule has 2 aromatic rings. The molecule has 1 unspecified atom stereocenters. The lowest BCUT2D eigenvalue weighted by atomic mass is 10.0. The molecule has 5 amide bonds. The Morgan fingerprint density at radius 1 is 0.971 bits per heavy atom. The molecule has 34 heavy (non-hydrogen) atoms. The van der Waals surface area contributed by atoms with Gasteiger partial charge in [0.25, 0.3) is 0 Å². The molecular weight excluding hydrogens is 436 g/mol. The average Bonchev–Trinajstić information content (AvgIpc) is 2.89. The lowest BCUT2D eigenvalue weighted by molar-refractivity contribution is -0.153. The number of benzene rings is 2. The number of urea groups is 1. The van der Waals surface area contributed by atoms with Gasteiger partial charge < -0.3 is 19.9 Å². The van der Waals surface area contributed by atoms with Gasteiger partial charge in [-0.25, -0.2) is 4.79 Å². The van der Waals surface area contributed by atoms with E-state index in [9.17, 15) is 19.2 Å². The maximum Gasteiger partial charge on any atom is 0.325 e. The van der Waals surface area contributed by atoms with Crippen LogP contribution in [0.25, 0.3) is 0 Å². The van der Waals surface area contributed by atoms with Gasteiger partial charge >= 0.3 is 17.8 Å². The van der Waals surface area contributed by atoms with Crippen LogP contribution in [0, 0.1) is 0 Å². The quantitative estimate of drug-likeness (QED) is 0.680. The van der Waals surface area contributed by atoms with Crippen LogP contribution < -0.4 is 5.32 Å². The maximum absolute atomic E-state index is 13.6. The van der Waals surface area contributed by atoms with Crippen LogP contribution in [0.2, 0.25) is 0 Å². The molecule has 2 saturated heterocycles. The first-order valence-corrected chi connectivity index (χ1v) is 11.4. The Hall–Kier alpha value is -3.72. The molecule has 2 aliphatic rings. The lowest BCUT2D eigenvalue weighted by Crippen LogP contribution is -2.59. The molecule has 4 rings (SSSR count). The SMILES string of the molecule is CCN1CCN(C(=O)N[C@@H](C(=O)N2CCOC(c3ccccc3)C2)c2ccccc2)C(=O)C1=O. The van der Waals surface area contributed by atoms with Crippen LogP contribution in [-0.4, -0.2) is 77.8 Å². The molecule has 2 aromatic carbocycles. The molecule has 0 saturated carbocycles. The topological polar surface area (TPSA) is 99.3 Å². The van der Waals surface area contributed by atoms with Crippen LogP contribution in [-0.2, 0) is 19.1 Å². The Kier molecular flexibility index (Phi) is 7.22. The van der Waals surface area contributed by atoms with E-state index >= 15 is 0 Å². The van der Waals surface area contributed by atoms with Gasteiger partial charge in [-0.2, -0.15) is 0 Å². The second-order valence-corrected chi connectivity index (χ2v) is 8.19. The Bertz CT molecular complexity index is 1050. The van der Waals surface area contributed by atoms with Crippen molar-refractivity contribution < 1.29 is 23.9 Å². The number of morpholine rings is 1. The first-order valence-electron chi connectivity index (χ1n) is 11.4. The molecule has 0 spiro atoms. The fraction of sp³-hybridized carbons (Fsp3) is 0.360. The Morgan fingerprint density at radius 2 is 1.65 bits per heavy atom. The molecule has 2 aliphatic heterocycles. The fourth-order valence-corrected chi connectivity index (χ4v) is 4.21. The molecule has 0 aromatic heterocycles. The number of imide groups is 1. The summed E-state index contributed by atoms with van der Waals surface area (Å²) in [6.45, 7) is 3.60. The smallest absolute Gasteiger partial charge is 0.325 e. The molecule has 2 atom stereocenters. The third-order valence-corrected chi connectivity index (χ3v) is 6.13. The number of hydrogen-bond donors (Lipinski definition) is 1. The van der Waals surface area contributed by atoms with Crippen molar-refractivity contribution in [1.29, 1.82) is 0 Å². The van der Waals surface area contributed by atoms with Crippen LogP contribution in [0.3, 0.4) is 0 Å². The number of hydrogen-bond acceptors (Lipinski definition) is 5. The van der Waals surface area contributed by atoms with Gasteiger partial charge in [-0.05, 0) is 18.1 Å². The van der Waals surface area contributed by atoms with E-state index in [1.807, 2.05) is 36.4 Å². The first-order chi connectivity index (χ1) is 16.5. The summed E-state index contributed by atoms with van der Waals surface area (Å²) in [5, 5.41) is 2.70. The second kappa shape index (κ2) is 10.5. The molecule has 9 heteroatoms. The molecule has 2 fully saturated rings. The molecule has 1 N–H and O–H groups in total. The summed E-state index contributed by atoms with van der Waals surface area (Å²) in [7, 11) is 0. The zero-order valence-corrected chi connectivity index (χ0v) is 19.1. The summed E-state index contributed by atoms with van der Waals surface area (Å²) < 4.78 is 5.88. The van der Waals surface area contributed by atoms with Gasteiger partial charge in [0.1, 0.15) is 12.1 Å².